The van der Waals surface area contributed by atoms with Crippen molar-refractivity contribution in [1.29, 1.82) is 0 Å². The molecule has 0 amide bonds. The SMILES string of the molecule is Cc1cccc(-c2nc3c(c(=O)[nH]2)CN(S(=O)(=O)/C=C/c2ccccc2)CC3)c1. The molecule has 0 fully saturated rings. The van der Waals surface area contributed by atoms with E-state index < -0.39 is 10.0 Å². The highest BCUT2D eigenvalue weighted by atomic mass is 32.2. The van der Waals surface area contributed by atoms with Crippen LogP contribution in [0.4, 0.5) is 0 Å². The highest BCUT2D eigenvalue weighted by Crippen LogP contribution is 2.21. The van der Waals surface area contributed by atoms with E-state index in [2.05, 4.69) is 9.97 Å². The molecule has 0 atom stereocenters. The average molecular weight is 407 g/mol. The fourth-order valence-corrected chi connectivity index (χ4v) is 4.52. The third kappa shape index (κ3) is 4.21. The summed E-state index contributed by atoms with van der Waals surface area (Å²) < 4.78 is 26.7. The third-order valence-electron chi connectivity index (χ3n) is 4.92. The average Bonchev–Trinajstić information content (AvgIpc) is 2.73. The number of hydrogen-bond donors (Lipinski definition) is 1. The van der Waals surface area contributed by atoms with Gasteiger partial charge in [0.2, 0.25) is 10.0 Å². The number of nitrogens with zero attached hydrogens (tertiary/aromatic N) is 2. The van der Waals surface area contributed by atoms with Crippen LogP contribution in [0.3, 0.4) is 0 Å². The van der Waals surface area contributed by atoms with E-state index in [-0.39, 0.29) is 18.6 Å². The van der Waals surface area contributed by atoms with Gasteiger partial charge in [0.25, 0.3) is 5.56 Å². The number of aryl methyl sites for hydroxylation is 1. The van der Waals surface area contributed by atoms with Crippen molar-refractivity contribution in [2.75, 3.05) is 6.54 Å². The van der Waals surface area contributed by atoms with Gasteiger partial charge in [0.15, 0.2) is 0 Å². The molecule has 2 aromatic carbocycles. The van der Waals surface area contributed by atoms with Gasteiger partial charge >= 0.3 is 0 Å². The van der Waals surface area contributed by atoms with Crippen molar-refractivity contribution in [2.24, 2.45) is 0 Å². The number of H-pyrrole nitrogens is 1. The first-order chi connectivity index (χ1) is 13.9. The number of hydrogen-bond acceptors (Lipinski definition) is 4. The summed E-state index contributed by atoms with van der Waals surface area (Å²) >= 11 is 0. The Morgan fingerprint density at radius 1 is 1.10 bits per heavy atom. The van der Waals surface area contributed by atoms with Crippen LogP contribution in [0.2, 0.25) is 0 Å². The minimum absolute atomic E-state index is 0.0211. The van der Waals surface area contributed by atoms with E-state index in [1.54, 1.807) is 6.08 Å². The van der Waals surface area contributed by atoms with Crippen molar-refractivity contribution in [3.63, 3.8) is 0 Å². The number of benzene rings is 2. The maximum atomic E-state index is 12.7. The molecule has 1 aliphatic heterocycles. The van der Waals surface area contributed by atoms with E-state index in [1.807, 2.05) is 61.5 Å². The first-order valence-electron chi connectivity index (χ1n) is 9.35. The molecule has 2 heterocycles. The Bertz CT molecular complexity index is 1230. The molecule has 0 aliphatic carbocycles. The lowest BCUT2D eigenvalue weighted by atomic mass is 10.1. The number of aromatic amines is 1. The topological polar surface area (TPSA) is 83.1 Å². The minimum atomic E-state index is -3.64. The fraction of sp³-hybridized carbons (Fsp3) is 0.182. The number of sulfonamides is 1. The maximum Gasteiger partial charge on any atom is 0.255 e. The highest BCUT2D eigenvalue weighted by Gasteiger charge is 2.28. The second-order valence-corrected chi connectivity index (χ2v) is 8.87. The molecule has 0 bridgehead atoms. The summed E-state index contributed by atoms with van der Waals surface area (Å²) in [7, 11) is -3.64. The molecule has 1 aromatic heterocycles. The van der Waals surface area contributed by atoms with E-state index >= 15 is 0 Å². The molecule has 4 rings (SSSR count). The van der Waals surface area contributed by atoms with Gasteiger partial charge in [0.1, 0.15) is 5.82 Å². The summed E-state index contributed by atoms with van der Waals surface area (Å²) in [5.41, 5.74) is 3.48. The van der Waals surface area contributed by atoms with Gasteiger partial charge in [-0.1, -0.05) is 54.1 Å². The summed E-state index contributed by atoms with van der Waals surface area (Å²) in [6.45, 7) is 2.29. The summed E-state index contributed by atoms with van der Waals surface area (Å²) in [5, 5.41) is 1.19. The van der Waals surface area contributed by atoms with Crippen molar-refractivity contribution in [1.82, 2.24) is 14.3 Å². The molecule has 0 saturated heterocycles. The van der Waals surface area contributed by atoms with Gasteiger partial charge in [-0.15, -0.1) is 0 Å². The first-order valence-corrected chi connectivity index (χ1v) is 10.8. The Balaban J connectivity index is 1.60. The molecule has 1 aliphatic rings. The van der Waals surface area contributed by atoms with Gasteiger partial charge in [-0.3, -0.25) is 4.79 Å². The molecular formula is C22H21N3O3S. The van der Waals surface area contributed by atoms with Crippen LogP contribution in [0.1, 0.15) is 22.4 Å². The van der Waals surface area contributed by atoms with Crippen molar-refractivity contribution < 1.29 is 8.42 Å². The number of fused-ring (bicyclic) bond motifs is 1. The van der Waals surface area contributed by atoms with Crippen molar-refractivity contribution in [3.8, 4) is 11.4 Å². The third-order valence-corrected chi connectivity index (χ3v) is 6.43. The number of aromatic nitrogens is 2. The van der Waals surface area contributed by atoms with Crippen LogP contribution in [-0.4, -0.2) is 29.2 Å². The molecule has 0 radical (unpaired) electrons. The lowest BCUT2D eigenvalue weighted by molar-refractivity contribution is 0.391. The molecule has 7 heteroatoms. The van der Waals surface area contributed by atoms with Gasteiger partial charge in [0, 0.05) is 30.5 Å². The van der Waals surface area contributed by atoms with Gasteiger partial charge in [-0.25, -0.2) is 13.4 Å². The van der Waals surface area contributed by atoms with Crippen LogP contribution in [0.25, 0.3) is 17.5 Å². The summed E-state index contributed by atoms with van der Waals surface area (Å²) in [6, 6.07) is 17.0. The lowest BCUT2D eigenvalue weighted by Gasteiger charge is -2.25. The molecule has 3 aromatic rings. The summed E-state index contributed by atoms with van der Waals surface area (Å²) in [6.07, 6.45) is 1.96. The van der Waals surface area contributed by atoms with Crippen LogP contribution in [0, 0.1) is 6.92 Å². The Labute approximate surface area is 169 Å². The molecule has 29 heavy (non-hydrogen) atoms. The zero-order valence-electron chi connectivity index (χ0n) is 16.0. The van der Waals surface area contributed by atoms with E-state index in [9.17, 15) is 13.2 Å². The summed E-state index contributed by atoms with van der Waals surface area (Å²) in [5.74, 6) is 0.512. The molecule has 0 unspecified atom stereocenters. The highest BCUT2D eigenvalue weighted by molar-refractivity contribution is 7.92. The van der Waals surface area contributed by atoms with Crippen molar-refractivity contribution >= 4 is 16.1 Å². The zero-order chi connectivity index (χ0) is 20.4. The number of nitrogens with one attached hydrogen (secondary N) is 1. The minimum Gasteiger partial charge on any atom is -0.306 e. The largest absolute Gasteiger partial charge is 0.306 e. The van der Waals surface area contributed by atoms with Crippen molar-refractivity contribution in [3.05, 3.63) is 92.7 Å². The van der Waals surface area contributed by atoms with Crippen LogP contribution in [0.5, 0.6) is 0 Å². The fourth-order valence-electron chi connectivity index (χ4n) is 3.36. The monoisotopic (exact) mass is 407 g/mol. The molecule has 148 valence electrons. The molecular weight excluding hydrogens is 386 g/mol. The first kappa shape index (κ1) is 19.3. The Hall–Kier alpha value is -3.03. The summed E-state index contributed by atoms with van der Waals surface area (Å²) in [4.78, 5) is 20.1. The van der Waals surface area contributed by atoms with Crippen LogP contribution in [-0.2, 0) is 23.0 Å². The van der Waals surface area contributed by atoms with E-state index in [1.165, 1.54) is 9.71 Å². The van der Waals surface area contributed by atoms with Crippen LogP contribution in [0.15, 0.2) is 64.8 Å². The van der Waals surface area contributed by atoms with E-state index in [4.69, 9.17) is 0 Å². The molecule has 6 nitrogen and oxygen atoms in total. The van der Waals surface area contributed by atoms with Gasteiger partial charge in [-0.05, 0) is 24.6 Å². The van der Waals surface area contributed by atoms with Gasteiger partial charge in [-0.2, -0.15) is 4.31 Å². The maximum absolute atomic E-state index is 12.7. The standard InChI is InChI=1S/C22H21N3O3S/c1-16-6-5-9-18(14-16)21-23-20-10-12-25(15-19(20)22(26)24-21)29(27,28)13-11-17-7-3-2-4-8-17/h2-9,11,13-14H,10,12,15H2,1H3,(H,23,24,26)/b13-11+. The zero-order valence-corrected chi connectivity index (χ0v) is 16.8. The lowest BCUT2D eigenvalue weighted by Crippen LogP contribution is -2.38. The normalized spacial score (nSPS) is 14.8. The Morgan fingerprint density at radius 3 is 2.66 bits per heavy atom. The smallest absolute Gasteiger partial charge is 0.255 e. The number of rotatable bonds is 4. The molecule has 0 spiro atoms. The molecule has 0 saturated carbocycles. The van der Waals surface area contributed by atoms with Crippen LogP contribution >= 0.6 is 0 Å². The van der Waals surface area contributed by atoms with E-state index in [0.29, 0.717) is 23.5 Å². The predicted octanol–water partition coefficient (Wildman–Crippen LogP) is 3.10. The van der Waals surface area contributed by atoms with E-state index in [0.717, 1.165) is 16.7 Å². The second kappa shape index (κ2) is 7.77. The predicted molar refractivity (Wildman–Crippen MR) is 114 cm³/mol. The van der Waals surface area contributed by atoms with Crippen LogP contribution < -0.4 is 5.56 Å². The van der Waals surface area contributed by atoms with Gasteiger partial charge < -0.3 is 4.98 Å². The van der Waals surface area contributed by atoms with Crippen molar-refractivity contribution in [2.45, 2.75) is 19.9 Å². The quantitative estimate of drug-likeness (QED) is 0.720. The second-order valence-electron chi connectivity index (χ2n) is 7.05. The molecule has 1 N–H and O–H groups in total. The Morgan fingerprint density at radius 2 is 1.90 bits per heavy atom. The Kier molecular flexibility index (Phi) is 5.17. The van der Waals surface area contributed by atoms with Gasteiger partial charge in [0.05, 0.1) is 11.3 Å².